The Labute approximate surface area is 128 Å². The second-order valence-electron chi connectivity index (χ2n) is 4.65. The lowest BCUT2D eigenvalue weighted by Gasteiger charge is -2.17. The first-order valence-corrected chi connectivity index (χ1v) is 7.66. The van der Waals surface area contributed by atoms with Gasteiger partial charge in [-0.25, -0.2) is 0 Å². The van der Waals surface area contributed by atoms with E-state index in [0.29, 0.717) is 13.0 Å². The largest absolute Gasteiger partial charge is 0.493 e. The minimum Gasteiger partial charge on any atom is -0.493 e. The number of unbranched alkanes of at least 4 members (excludes halogenated alkanes) is 2. The molecule has 1 rings (SSSR count). The molecule has 0 aliphatic heterocycles. The Balaban J connectivity index is 2.17. The van der Waals surface area contributed by atoms with Gasteiger partial charge in [0.15, 0.2) is 0 Å². The second-order valence-corrected chi connectivity index (χ2v) is 5.57. The molecule has 0 aromatic heterocycles. The number of carbonyl (C=O) groups is 1. The van der Waals surface area contributed by atoms with E-state index in [9.17, 15) is 4.79 Å². The van der Waals surface area contributed by atoms with Crippen LogP contribution in [0.2, 0.25) is 0 Å². The molecule has 0 spiro atoms. The van der Waals surface area contributed by atoms with E-state index in [4.69, 9.17) is 9.84 Å². The summed E-state index contributed by atoms with van der Waals surface area (Å²) in [6.07, 6.45) is 3.06. The van der Waals surface area contributed by atoms with Crippen molar-refractivity contribution in [2.24, 2.45) is 0 Å². The first-order chi connectivity index (χ1) is 9.63. The minimum atomic E-state index is 0.0890. The van der Waals surface area contributed by atoms with Crippen molar-refractivity contribution in [1.82, 2.24) is 4.90 Å². The van der Waals surface area contributed by atoms with Gasteiger partial charge in [0.25, 0.3) is 0 Å². The van der Waals surface area contributed by atoms with Crippen LogP contribution in [-0.2, 0) is 4.79 Å². The van der Waals surface area contributed by atoms with Crippen molar-refractivity contribution in [2.45, 2.75) is 25.7 Å². The van der Waals surface area contributed by atoms with E-state index in [0.717, 1.165) is 36.0 Å². The zero-order chi connectivity index (χ0) is 14.8. The number of hydrogen-bond donors (Lipinski definition) is 1. The smallest absolute Gasteiger partial charge is 0.225 e. The summed E-state index contributed by atoms with van der Waals surface area (Å²) in [4.78, 5) is 13.6. The van der Waals surface area contributed by atoms with Gasteiger partial charge in [0.1, 0.15) is 5.75 Å². The zero-order valence-corrected chi connectivity index (χ0v) is 13.4. The van der Waals surface area contributed by atoms with Gasteiger partial charge in [-0.2, -0.15) is 0 Å². The van der Waals surface area contributed by atoms with Crippen molar-refractivity contribution in [3.05, 3.63) is 28.7 Å². The van der Waals surface area contributed by atoms with Gasteiger partial charge in [0.2, 0.25) is 5.91 Å². The number of aliphatic hydroxyl groups excluding tert-OH is 1. The molecule has 0 unspecified atom stereocenters. The summed E-state index contributed by atoms with van der Waals surface area (Å²) in [5.41, 5.74) is 0. The SMILES string of the molecule is CN(CCCCCO)C(=O)CCOc1ccc(Br)cc1. The number of amides is 1. The van der Waals surface area contributed by atoms with Gasteiger partial charge in [-0.15, -0.1) is 0 Å². The lowest BCUT2D eigenvalue weighted by Crippen LogP contribution is -2.28. The van der Waals surface area contributed by atoms with Crippen LogP contribution in [-0.4, -0.2) is 42.7 Å². The van der Waals surface area contributed by atoms with Crippen LogP contribution in [0.15, 0.2) is 28.7 Å². The number of halogens is 1. The van der Waals surface area contributed by atoms with Crippen LogP contribution in [0.3, 0.4) is 0 Å². The van der Waals surface area contributed by atoms with Crippen LogP contribution in [0.4, 0.5) is 0 Å². The van der Waals surface area contributed by atoms with Crippen molar-refractivity contribution in [1.29, 1.82) is 0 Å². The topological polar surface area (TPSA) is 49.8 Å². The van der Waals surface area contributed by atoms with Gasteiger partial charge in [-0.1, -0.05) is 15.9 Å². The van der Waals surface area contributed by atoms with Crippen molar-refractivity contribution in [3.63, 3.8) is 0 Å². The van der Waals surface area contributed by atoms with Crippen LogP contribution in [0, 0.1) is 0 Å². The Morgan fingerprint density at radius 2 is 1.95 bits per heavy atom. The van der Waals surface area contributed by atoms with E-state index in [1.54, 1.807) is 11.9 Å². The Morgan fingerprint density at radius 1 is 1.25 bits per heavy atom. The third kappa shape index (κ3) is 6.91. The zero-order valence-electron chi connectivity index (χ0n) is 11.8. The van der Waals surface area contributed by atoms with E-state index in [1.165, 1.54) is 0 Å². The molecule has 0 heterocycles. The highest BCUT2D eigenvalue weighted by Gasteiger charge is 2.08. The van der Waals surface area contributed by atoms with Gasteiger partial charge >= 0.3 is 0 Å². The number of hydrogen-bond acceptors (Lipinski definition) is 3. The lowest BCUT2D eigenvalue weighted by molar-refractivity contribution is -0.130. The molecule has 0 fully saturated rings. The average molecular weight is 344 g/mol. The molecule has 1 aromatic carbocycles. The van der Waals surface area contributed by atoms with Crippen molar-refractivity contribution < 1.29 is 14.6 Å². The molecule has 0 atom stereocenters. The summed E-state index contributed by atoms with van der Waals surface area (Å²) in [7, 11) is 1.81. The molecule has 0 aliphatic rings. The molecule has 0 saturated carbocycles. The first kappa shape index (κ1) is 17.0. The van der Waals surface area contributed by atoms with Crippen molar-refractivity contribution >= 4 is 21.8 Å². The standard InChI is InChI=1S/C15H22BrNO3/c1-17(10-3-2-4-11-18)15(19)9-12-20-14-7-5-13(16)6-8-14/h5-8,18H,2-4,9-12H2,1H3. The minimum absolute atomic E-state index is 0.0890. The number of carbonyl (C=O) groups excluding carboxylic acids is 1. The molecule has 1 aromatic rings. The average Bonchev–Trinajstić information content (AvgIpc) is 2.45. The maximum absolute atomic E-state index is 11.8. The molecule has 0 radical (unpaired) electrons. The number of aliphatic hydroxyl groups is 1. The molecule has 4 nitrogen and oxygen atoms in total. The molecular formula is C15H22BrNO3. The van der Waals surface area contributed by atoms with Crippen LogP contribution in [0.1, 0.15) is 25.7 Å². The molecule has 1 N–H and O–H groups in total. The van der Waals surface area contributed by atoms with Crippen molar-refractivity contribution in [3.8, 4) is 5.75 Å². The van der Waals surface area contributed by atoms with E-state index < -0.39 is 0 Å². The quantitative estimate of drug-likeness (QED) is 0.701. The van der Waals surface area contributed by atoms with Crippen LogP contribution < -0.4 is 4.74 Å². The predicted molar refractivity (Wildman–Crippen MR) is 82.8 cm³/mol. The summed E-state index contributed by atoms with van der Waals surface area (Å²) >= 11 is 3.36. The van der Waals surface area contributed by atoms with Crippen LogP contribution in [0.5, 0.6) is 5.75 Å². The summed E-state index contributed by atoms with van der Waals surface area (Å²) in [6, 6.07) is 7.55. The number of rotatable bonds is 9. The summed E-state index contributed by atoms with van der Waals surface area (Å²) < 4.78 is 6.53. The maximum atomic E-state index is 11.8. The van der Waals surface area contributed by atoms with E-state index in [-0.39, 0.29) is 12.5 Å². The Morgan fingerprint density at radius 3 is 2.60 bits per heavy atom. The third-order valence-electron chi connectivity index (χ3n) is 2.98. The summed E-state index contributed by atoms with van der Waals surface area (Å²) in [5, 5.41) is 8.68. The fourth-order valence-corrected chi connectivity index (χ4v) is 2.00. The van der Waals surface area contributed by atoms with E-state index in [1.807, 2.05) is 24.3 Å². The number of benzene rings is 1. The molecule has 0 saturated heterocycles. The predicted octanol–water partition coefficient (Wildman–Crippen LogP) is 2.84. The van der Waals surface area contributed by atoms with Gasteiger partial charge < -0.3 is 14.7 Å². The van der Waals surface area contributed by atoms with Gasteiger partial charge in [0, 0.05) is 24.7 Å². The second kappa shape index (κ2) is 9.77. The summed E-state index contributed by atoms with van der Waals surface area (Å²) in [6.45, 7) is 1.34. The maximum Gasteiger partial charge on any atom is 0.225 e. The monoisotopic (exact) mass is 343 g/mol. The Kier molecular flexibility index (Phi) is 8.30. The van der Waals surface area contributed by atoms with E-state index >= 15 is 0 Å². The number of nitrogens with zero attached hydrogens (tertiary/aromatic N) is 1. The van der Waals surface area contributed by atoms with Gasteiger partial charge in [0.05, 0.1) is 13.0 Å². The summed E-state index contributed by atoms with van der Waals surface area (Å²) in [5.74, 6) is 0.859. The molecule has 0 aliphatic carbocycles. The fourth-order valence-electron chi connectivity index (χ4n) is 1.74. The van der Waals surface area contributed by atoms with E-state index in [2.05, 4.69) is 15.9 Å². The highest BCUT2D eigenvalue weighted by Crippen LogP contribution is 2.16. The highest BCUT2D eigenvalue weighted by atomic mass is 79.9. The third-order valence-corrected chi connectivity index (χ3v) is 3.50. The molecule has 112 valence electrons. The van der Waals surface area contributed by atoms with Crippen LogP contribution >= 0.6 is 15.9 Å². The highest BCUT2D eigenvalue weighted by molar-refractivity contribution is 9.10. The lowest BCUT2D eigenvalue weighted by atomic mass is 10.2. The van der Waals surface area contributed by atoms with Gasteiger partial charge in [-0.05, 0) is 43.5 Å². The van der Waals surface area contributed by atoms with Gasteiger partial charge in [-0.3, -0.25) is 4.79 Å². The molecular weight excluding hydrogens is 322 g/mol. The molecule has 1 amide bonds. The number of ether oxygens (including phenoxy) is 1. The Bertz CT molecular complexity index is 395. The molecule has 5 heteroatoms. The van der Waals surface area contributed by atoms with Crippen molar-refractivity contribution in [2.75, 3.05) is 26.8 Å². The molecule has 20 heavy (non-hydrogen) atoms. The van der Waals surface area contributed by atoms with Crippen LogP contribution in [0.25, 0.3) is 0 Å². The normalized spacial score (nSPS) is 10.3. The fraction of sp³-hybridized carbons (Fsp3) is 0.533. The Hall–Kier alpha value is -1.07. The molecule has 0 bridgehead atoms. The first-order valence-electron chi connectivity index (χ1n) is 6.86.